The van der Waals surface area contributed by atoms with Crippen LogP contribution in [0.25, 0.3) is 22.2 Å². The van der Waals surface area contributed by atoms with Crippen LogP contribution in [0.4, 0.5) is 0 Å². The number of benzene rings is 2. The van der Waals surface area contributed by atoms with E-state index in [1.165, 1.54) is 60.6 Å². The summed E-state index contributed by atoms with van der Waals surface area (Å²) < 4.78 is 0. The Kier molecular flexibility index (Phi) is 3.55. The molecule has 1 aromatic heterocycles. The first-order chi connectivity index (χ1) is 13.6. The smallest absolute Gasteiger partial charge is 0.0709 e. The molecule has 28 heavy (non-hydrogen) atoms. The van der Waals surface area contributed by atoms with Crippen LogP contribution in [0.15, 0.2) is 48.5 Å². The van der Waals surface area contributed by atoms with E-state index < -0.39 is 0 Å². The molecule has 1 heterocycles. The normalized spacial score (nSPS) is 30.9. The maximum atomic E-state index is 5.02. The summed E-state index contributed by atoms with van der Waals surface area (Å²) in [6.45, 7) is 4.32. The van der Waals surface area contributed by atoms with E-state index >= 15 is 0 Å². The second kappa shape index (κ2) is 5.92. The van der Waals surface area contributed by atoms with Crippen molar-refractivity contribution in [3.05, 3.63) is 65.2 Å². The highest BCUT2D eigenvalue weighted by Gasteiger charge is 2.51. The van der Waals surface area contributed by atoms with Gasteiger partial charge in [0, 0.05) is 10.9 Å². The molecule has 4 bridgehead atoms. The van der Waals surface area contributed by atoms with Gasteiger partial charge < -0.3 is 0 Å². The topological polar surface area (TPSA) is 12.9 Å². The largest absolute Gasteiger partial charge is 0.248 e. The zero-order chi connectivity index (χ0) is 18.9. The lowest BCUT2D eigenvalue weighted by Gasteiger charge is -2.57. The first kappa shape index (κ1) is 16.8. The molecule has 0 aliphatic heterocycles. The summed E-state index contributed by atoms with van der Waals surface area (Å²) >= 11 is 0. The van der Waals surface area contributed by atoms with Crippen molar-refractivity contribution in [2.24, 2.45) is 17.8 Å². The van der Waals surface area contributed by atoms with E-state index in [-0.39, 0.29) is 0 Å². The molecular formula is C27H29N. The molecule has 0 N–H and O–H groups in total. The van der Waals surface area contributed by atoms with Crippen molar-refractivity contribution >= 4 is 10.9 Å². The van der Waals surface area contributed by atoms with Crippen LogP contribution in [-0.4, -0.2) is 4.98 Å². The lowest BCUT2D eigenvalue weighted by Crippen LogP contribution is -2.48. The molecule has 142 valence electrons. The fourth-order valence-electron chi connectivity index (χ4n) is 7.20. The number of hydrogen-bond acceptors (Lipinski definition) is 1. The highest BCUT2D eigenvalue weighted by Crippen LogP contribution is 2.60. The number of fused-ring (bicyclic) bond motifs is 1. The molecule has 0 atom stereocenters. The zero-order valence-corrected chi connectivity index (χ0v) is 17.0. The molecule has 3 aromatic rings. The third kappa shape index (κ3) is 2.63. The number of aryl methyl sites for hydroxylation is 2. The van der Waals surface area contributed by atoms with Crippen molar-refractivity contribution < 1.29 is 0 Å². The minimum Gasteiger partial charge on any atom is -0.248 e. The van der Waals surface area contributed by atoms with Crippen LogP contribution in [0.5, 0.6) is 0 Å². The lowest BCUT2D eigenvalue weighted by molar-refractivity contribution is -0.00513. The Morgan fingerprint density at radius 1 is 0.750 bits per heavy atom. The van der Waals surface area contributed by atoms with Gasteiger partial charge in [0.05, 0.1) is 11.2 Å². The monoisotopic (exact) mass is 367 g/mol. The van der Waals surface area contributed by atoms with Gasteiger partial charge in [0.2, 0.25) is 0 Å². The average molecular weight is 368 g/mol. The van der Waals surface area contributed by atoms with E-state index in [9.17, 15) is 0 Å². The van der Waals surface area contributed by atoms with Crippen LogP contribution in [0.2, 0.25) is 0 Å². The molecule has 4 aliphatic rings. The van der Waals surface area contributed by atoms with Crippen LogP contribution < -0.4 is 0 Å². The van der Waals surface area contributed by atoms with Gasteiger partial charge in [0.25, 0.3) is 0 Å². The quantitative estimate of drug-likeness (QED) is 0.476. The summed E-state index contributed by atoms with van der Waals surface area (Å²) in [5.41, 5.74) is 8.11. The summed E-state index contributed by atoms with van der Waals surface area (Å²) in [7, 11) is 0. The van der Waals surface area contributed by atoms with E-state index in [0.29, 0.717) is 5.41 Å². The molecule has 4 fully saturated rings. The number of pyridine rings is 1. The van der Waals surface area contributed by atoms with Crippen molar-refractivity contribution in [1.29, 1.82) is 0 Å². The molecule has 0 radical (unpaired) electrons. The predicted octanol–water partition coefficient (Wildman–Crippen LogP) is 6.99. The summed E-state index contributed by atoms with van der Waals surface area (Å²) in [6, 6.07) is 18.4. The summed E-state index contributed by atoms with van der Waals surface area (Å²) in [5.74, 6) is 2.98. The van der Waals surface area contributed by atoms with Crippen LogP contribution in [0, 0.1) is 31.6 Å². The van der Waals surface area contributed by atoms with Crippen LogP contribution >= 0.6 is 0 Å². The van der Waals surface area contributed by atoms with Crippen LogP contribution in [-0.2, 0) is 5.41 Å². The van der Waals surface area contributed by atoms with E-state index in [4.69, 9.17) is 4.98 Å². The van der Waals surface area contributed by atoms with Gasteiger partial charge in [-0.3, -0.25) is 0 Å². The number of aromatic nitrogens is 1. The van der Waals surface area contributed by atoms with Crippen molar-refractivity contribution in [2.75, 3.05) is 0 Å². The third-order valence-electron chi connectivity index (χ3n) is 7.86. The molecule has 0 unspecified atom stereocenters. The van der Waals surface area contributed by atoms with Gasteiger partial charge in [-0.15, -0.1) is 0 Å². The standard InChI is InChI=1S/C27H29N/c1-17-7-18(2)9-23(8-17)26-5-3-22-13-24(4-6-25(22)28-26)27-14-19-10-20(15-27)12-21(11-19)16-27/h3-9,13,19-21H,10-12,14-16H2,1-2H3. The predicted molar refractivity (Wildman–Crippen MR) is 117 cm³/mol. The molecule has 4 saturated carbocycles. The summed E-state index contributed by atoms with van der Waals surface area (Å²) in [4.78, 5) is 5.02. The maximum Gasteiger partial charge on any atom is 0.0709 e. The van der Waals surface area contributed by atoms with E-state index in [1.807, 2.05) is 0 Å². The molecule has 1 heteroatoms. The Morgan fingerprint density at radius 3 is 2.04 bits per heavy atom. The van der Waals surface area contributed by atoms with Crippen molar-refractivity contribution in [3.8, 4) is 11.3 Å². The molecule has 0 spiro atoms. The van der Waals surface area contributed by atoms with E-state index in [2.05, 4.69) is 62.4 Å². The SMILES string of the molecule is Cc1cc(C)cc(-c2ccc3cc(C45CC6CC(CC(C6)C4)C5)ccc3n2)c1. The minimum absolute atomic E-state index is 0.468. The third-order valence-corrected chi connectivity index (χ3v) is 7.86. The van der Waals surface area contributed by atoms with Gasteiger partial charge in [-0.1, -0.05) is 29.3 Å². The highest BCUT2D eigenvalue weighted by molar-refractivity contribution is 5.82. The Hall–Kier alpha value is -2.15. The molecule has 0 saturated heterocycles. The lowest BCUT2D eigenvalue weighted by atomic mass is 9.48. The second-order valence-electron chi connectivity index (χ2n) is 10.2. The fraction of sp³-hybridized carbons (Fsp3) is 0.444. The Morgan fingerprint density at radius 2 is 1.39 bits per heavy atom. The van der Waals surface area contributed by atoms with Gasteiger partial charge in [-0.05, 0) is 111 Å². The highest BCUT2D eigenvalue weighted by atomic mass is 14.7. The number of nitrogens with zero attached hydrogens (tertiary/aromatic N) is 1. The Labute approximate surface area is 168 Å². The van der Waals surface area contributed by atoms with Crippen LogP contribution in [0.3, 0.4) is 0 Å². The number of hydrogen-bond donors (Lipinski definition) is 0. The first-order valence-corrected chi connectivity index (χ1v) is 11.1. The Bertz CT molecular complexity index is 1020. The zero-order valence-electron chi connectivity index (χ0n) is 17.0. The average Bonchev–Trinajstić information content (AvgIpc) is 2.65. The number of rotatable bonds is 2. The molecule has 2 aromatic carbocycles. The molecule has 0 amide bonds. The molecule has 7 rings (SSSR count). The fourth-order valence-corrected chi connectivity index (χ4v) is 7.20. The first-order valence-electron chi connectivity index (χ1n) is 11.1. The summed E-state index contributed by atoms with van der Waals surface area (Å²) in [5, 5.41) is 1.31. The van der Waals surface area contributed by atoms with Crippen molar-refractivity contribution in [3.63, 3.8) is 0 Å². The molecule has 1 nitrogen and oxygen atoms in total. The van der Waals surface area contributed by atoms with Gasteiger partial charge in [0.1, 0.15) is 0 Å². The van der Waals surface area contributed by atoms with Gasteiger partial charge in [-0.25, -0.2) is 4.98 Å². The minimum atomic E-state index is 0.468. The van der Waals surface area contributed by atoms with E-state index in [0.717, 1.165) is 29.0 Å². The molecular weight excluding hydrogens is 338 g/mol. The van der Waals surface area contributed by atoms with Crippen molar-refractivity contribution in [2.45, 2.75) is 57.8 Å². The van der Waals surface area contributed by atoms with Gasteiger partial charge in [-0.2, -0.15) is 0 Å². The van der Waals surface area contributed by atoms with Gasteiger partial charge in [0.15, 0.2) is 0 Å². The summed E-state index contributed by atoms with van der Waals surface area (Å²) in [6.07, 6.45) is 8.81. The second-order valence-corrected chi connectivity index (χ2v) is 10.2. The van der Waals surface area contributed by atoms with E-state index in [1.54, 1.807) is 5.56 Å². The van der Waals surface area contributed by atoms with Crippen LogP contribution in [0.1, 0.15) is 55.2 Å². The van der Waals surface area contributed by atoms with Crippen molar-refractivity contribution in [1.82, 2.24) is 4.98 Å². The Balaban J connectivity index is 1.40. The molecule has 4 aliphatic carbocycles. The maximum absolute atomic E-state index is 5.02. The van der Waals surface area contributed by atoms with Gasteiger partial charge >= 0.3 is 0 Å².